The highest BCUT2D eigenvalue weighted by molar-refractivity contribution is 6.34. The average Bonchev–Trinajstić information content (AvgIpc) is 2.51. The first-order valence-electron chi connectivity index (χ1n) is 6.65. The zero-order valence-corrected chi connectivity index (χ0v) is 11.5. The van der Waals surface area contributed by atoms with Gasteiger partial charge in [0.15, 0.2) is 11.6 Å². The SMILES string of the molecule is O=C1C=CC(=O)C(c2cc(-c3ccc(O)cc3)ccc2O)=C1. The van der Waals surface area contributed by atoms with Crippen LogP contribution in [0.15, 0.2) is 60.7 Å². The molecule has 4 nitrogen and oxygen atoms in total. The Morgan fingerprint density at radius 2 is 1.45 bits per heavy atom. The van der Waals surface area contributed by atoms with Crippen molar-refractivity contribution >= 4 is 17.1 Å². The Morgan fingerprint density at radius 1 is 0.773 bits per heavy atom. The van der Waals surface area contributed by atoms with E-state index in [0.717, 1.165) is 11.1 Å². The van der Waals surface area contributed by atoms with Gasteiger partial charge >= 0.3 is 0 Å². The topological polar surface area (TPSA) is 74.6 Å². The normalized spacial score (nSPS) is 14.1. The predicted octanol–water partition coefficient (Wildman–Crippen LogP) is 2.86. The molecule has 22 heavy (non-hydrogen) atoms. The minimum Gasteiger partial charge on any atom is -0.508 e. The highest BCUT2D eigenvalue weighted by Gasteiger charge is 2.18. The van der Waals surface area contributed by atoms with Crippen LogP contribution in [0, 0.1) is 0 Å². The van der Waals surface area contributed by atoms with E-state index in [4.69, 9.17) is 0 Å². The smallest absolute Gasteiger partial charge is 0.186 e. The lowest BCUT2D eigenvalue weighted by Gasteiger charge is -2.11. The van der Waals surface area contributed by atoms with E-state index in [9.17, 15) is 19.8 Å². The van der Waals surface area contributed by atoms with Crippen molar-refractivity contribution in [1.82, 2.24) is 0 Å². The third-order valence-corrected chi connectivity index (χ3v) is 3.44. The Bertz CT molecular complexity index is 827. The number of allylic oxidation sites excluding steroid dienone is 4. The summed E-state index contributed by atoms with van der Waals surface area (Å²) in [6.45, 7) is 0. The van der Waals surface area contributed by atoms with E-state index in [0.29, 0.717) is 5.56 Å². The Kier molecular flexibility index (Phi) is 3.35. The van der Waals surface area contributed by atoms with Crippen LogP contribution >= 0.6 is 0 Å². The third kappa shape index (κ3) is 2.54. The molecule has 1 aliphatic carbocycles. The molecule has 0 radical (unpaired) electrons. The minimum absolute atomic E-state index is 0.0646. The van der Waals surface area contributed by atoms with Gasteiger partial charge in [-0.3, -0.25) is 9.59 Å². The van der Waals surface area contributed by atoms with Gasteiger partial charge in [-0.05, 0) is 53.6 Å². The number of aromatic hydroxyl groups is 2. The quantitative estimate of drug-likeness (QED) is 0.835. The molecule has 4 heteroatoms. The molecule has 2 aromatic rings. The molecule has 0 fully saturated rings. The zero-order valence-electron chi connectivity index (χ0n) is 11.5. The van der Waals surface area contributed by atoms with E-state index >= 15 is 0 Å². The highest BCUT2D eigenvalue weighted by Crippen LogP contribution is 2.32. The van der Waals surface area contributed by atoms with Crippen molar-refractivity contribution in [1.29, 1.82) is 0 Å². The van der Waals surface area contributed by atoms with Gasteiger partial charge in [0.2, 0.25) is 0 Å². The first-order valence-corrected chi connectivity index (χ1v) is 6.65. The summed E-state index contributed by atoms with van der Waals surface area (Å²) >= 11 is 0. The lowest BCUT2D eigenvalue weighted by molar-refractivity contribution is -0.113. The van der Waals surface area contributed by atoms with Gasteiger partial charge in [-0.15, -0.1) is 0 Å². The van der Waals surface area contributed by atoms with Crippen LogP contribution in [0.3, 0.4) is 0 Å². The second-order valence-corrected chi connectivity index (χ2v) is 4.94. The molecule has 0 spiro atoms. The fraction of sp³-hybridized carbons (Fsp3) is 0. The van der Waals surface area contributed by atoms with E-state index in [1.807, 2.05) is 0 Å². The van der Waals surface area contributed by atoms with Gasteiger partial charge in [0.05, 0.1) is 0 Å². The Labute approximate surface area is 126 Å². The van der Waals surface area contributed by atoms with E-state index in [2.05, 4.69) is 0 Å². The number of ketones is 2. The van der Waals surface area contributed by atoms with Crippen LogP contribution in [0.5, 0.6) is 11.5 Å². The first-order chi connectivity index (χ1) is 10.5. The van der Waals surface area contributed by atoms with E-state index < -0.39 is 0 Å². The monoisotopic (exact) mass is 292 g/mol. The largest absolute Gasteiger partial charge is 0.508 e. The Balaban J connectivity index is 2.09. The van der Waals surface area contributed by atoms with Crippen LogP contribution in [-0.4, -0.2) is 21.8 Å². The summed E-state index contributed by atoms with van der Waals surface area (Å²) in [6, 6.07) is 11.4. The second-order valence-electron chi connectivity index (χ2n) is 4.94. The van der Waals surface area contributed by atoms with Gasteiger partial charge < -0.3 is 10.2 Å². The standard InChI is InChI=1S/C18H12O4/c19-13-4-1-11(2-5-13)12-3-7-17(21)15(9-12)16-10-14(20)6-8-18(16)22/h1-10,19,21H. The zero-order chi connectivity index (χ0) is 15.7. The minimum atomic E-state index is -0.322. The van der Waals surface area contributed by atoms with Crippen LogP contribution in [0.1, 0.15) is 5.56 Å². The van der Waals surface area contributed by atoms with Crippen molar-refractivity contribution < 1.29 is 19.8 Å². The van der Waals surface area contributed by atoms with Crippen molar-refractivity contribution in [3.63, 3.8) is 0 Å². The molecule has 1 aliphatic rings. The molecule has 108 valence electrons. The van der Waals surface area contributed by atoms with Crippen LogP contribution in [0.2, 0.25) is 0 Å². The van der Waals surface area contributed by atoms with Gasteiger partial charge in [-0.2, -0.15) is 0 Å². The third-order valence-electron chi connectivity index (χ3n) is 3.44. The lowest BCUT2D eigenvalue weighted by atomic mass is 9.93. The molecule has 0 amide bonds. The summed E-state index contributed by atoms with van der Waals surface area (Å²) in [7, 11) is 0. The summed E-state index contributed by atoms with van der Waals surface area (Å²) in [4.78, 5) is 23.4. The molecule has 0 aromatic heterocycles. The van der Waals surface area contributed by atoms with Crippen LogP contribution < -0.4 is 0 Å². The van der Waals surface area contributed by atoms with Gasteiger partial charge in [0.25, 0.3) is 0 Å². The van der Waals surface area contributed by atoms with Crippen molar-refractivity contribution in [2.24, 2.45) is 0 Å². The molecule has 2 N–H and O–H groups in total. The number of rotatable bonds is 2. The molecular formula is C18H12O4. The fourth-order valence-electron chi connectivity index (χ4n) is 2.30. The summed E-state index contributed by atoms with van der Waals surface area (Å²) in [5.74, 6) is -0.518. The number of carbonyl (C=O) groups excluding carboxylic acids is 2. The van der Waals surface area contributed by atoms with Gasteiger partial charge in [0.1, 0.15) is 11.5 Å². The number of phenolic OH excluding ortho intramolecular Hbond substituents is 2. The van der Waals surface area contributed by atoms with Gasteiger partial charge in [-0.25, -0.2) is 0 Å². The maximum absolute atomic E-state index is 11.9. The number of hydrogen-bond donors (Lipinski definition) is 2. The van der Waals surface area contributed by atoms with E-state index in [-0.39, 0.29) is 28.6 Å². The summed E-state index contributed by atoms with van der Waals surface area (Å²) in [5.41, 5.74) is 2.08. The highest BCUT2D eigenvalue weighted by atomic mass is 16.3. The molecule has 3 rings (SSSR count). The lowest BCUT2D eigenvalue weighted by Crippen LogP contribution is -2.06. The molecule has 0 aliphatic heterocycles. The first kappa shape index (κ1) is 13.8. The second kappa shape index (κ2) is 5.33. The van der Waals surface area contributed by atoms with Crippen LogP contribution in [0.25, 0.3) is 16.7 Å². The number of hydrogen-bond acceptors (Lipinski definition) is 4. The molecule has 0 unspecified atom stereocenters. The molecular weight excluding hydrogens is 280 g/mol. The fourth-order valence-corrected chi connectivity index (χ4v) is 2.30. The van der Waals surface area contributed by atoms with Gasteiger partial charge in [-0.1, -0.05) is 18.2 Å². The summed E-state index contributed by atoms with van der Waals surface area (Å²) in [6.07, 6.45) is 3.62. The Morgan fingerprint density at radius 3 is 2.18 bits per heavy atom. The summed E-state index contributed by atoms with van der Waals surface area (Å²) in [5, 5.41) is 19.3. The van der Waals surface area contributed by atoms with E-state index in [1.165, 1.54) is 24.3 Å². The summed E-state index contributed by atoms with van der Waals surface area (Å²) < 4.78 is 0. The Hall–Kier alpha value is -3.14. The molecule has 0 bridgehead atoms. The maximum atomic E-state index is 11.9. The van der Waals surface area contributed by atoms with Crippen molar-refractivity contribution in [3.8, 4) is 22.6 Å². The van der Waals surface area contributed by atoms with Crippen molar-refractivity contribution in [2.45, 2.75) is 0 Å². The average molecular weight is 292 g/mol. The molecule has 0 atom stereocenters. The van der Waals surface area contributed by atoms with Gasteiger partial charge in [0, 0.05) is 11.1 Å². The van der Waals surface area contributed by atoms with E-state index in [1.54, 1.807) is 36.4 Å². The van der Waals surface area contributed by atoms with Crippen LogP contribution in [0.4, 0.5) is 0 Å². The van der Waals surface area contributed by atoms with Crippen LogP contribution in [-0.2, 0) is 9.59 Å². The molecule has 0 saturated carbocycles. The maximum Gasteiger partial charge on any atom is 0.186 e. The number of carbonyl (C=O) groups is 2. The van der Waals surface area contributed by atoms with Crippen molar-refractivity contribution in [2.75, 3.05) is 0 Å². The predicted molar refractivity (Wildman–Crippen MR) is 82.3 cm³/mol. The molecule has 2 aromatic carbocycles. The molecule has 0 heterocycles. The molecule has 0 saturated heterocycles. The number of phenols is 2. The number of benzene rings is 2. The van der Waals surface area contributed by atoms with Crippen molar-refractivity contribution in [3.05, 3.63) is 66.3 Å².